The normalized spacial score (nSPS) is 31.0. The van der Waals surface area contributed by atoms with Gasteiger partial charge in [0.05, 0.1) is 12.7 Å². The fraction of sp³-hybridized carbons (Fsp3) is 1.00. The van der Waals surface area contributed by atoms with Gasteiger partial charge in [-0.25, -0.2) is 0 Å². The summed E-state index contributed by atoms with van der Waals surface area (Å²) in [5, 5.41) is 0.947. The minimum atomic E-state index is 0.0190. The van der Waals surface area contributed by atoms with Crippen molar-refractivity contribution in [1.29, 1.82) is 0 Å². The Kier molecular flexibility index (Phi) is 4.54. The number of halogens is 1. The van der Waals surface area contributed by atoms with Crippen LogP contribution in [-0.2, 0) is 9.47 Å². The summed E-state index contributed by atoms with van der Waals surface area (Å²) in [6.45, 7) is 5.24. The van der Waals surface area contributed by atoms with Crippen molar-refractivity contribution in [3.63, 3.8) is 0 Å². The summed E-state index contributed by atoms with van der Waals surface area (Å²) in [5.41, 5.74) is 0. The van der Waals surface area contributed by atoms with Crippen LogP contribution in [0.2, 0.25) is 0 Å². The third kappa shape index (κ3) is 3.04. The van der Waals surface area contributed by atoms with Crippen LogP contribution in [0, 0.1) is 5.92 Å². The van der Waals surface area contributed by atoms with Crippen molar-refractivity contribution in [1.82, 2.24) is 0 Å². The zero-order chi connectivity index (χ0) is 8.97. The fourth-order valence-corrected chi connectivity index (χ4v) is 1.72. The lowest BCUT2D eigenvalue weighted by molar-refractivity contribution is -0.221. The van der Waals surface area contributed by atoms with Crippen LogP contribution >= 0.6 is 15.9 Å². The number of rotatable bonds is 3. The average Bonchev–Trinajstić information content (AvgIpc) is 2.05. The number of hydrogen-bond donors (Lipinski definition) is 0. The van der Waals surface area contributed by atoms with Gasteiger partial charge in [0.1, 0.15) is 0 Å². The number of ether oxygens (including phenoxy) is 2. The Balaban J connectivity index is 2.30. The summed E-state index contributed by atoms with van der Waals surface area (Å²) in [6.07, 6.45) is 2.40. The molecule has 1 rings (SSSR count). The summed E-state index contributed by atoms with van der Waals surface area (Å²) in [6, 6.07) is 0. The van der Waals surface area contributed by atoms with E-state index >= 15 is 0 Å². The van der Waals surface area contributed by atoms with E-state index in [-0.39, 0.29) is 6.29 Å². The van der Waals surface area contributed by atoms with E-state index in [1.807, 2.05) is 0 Å². The molecule has 0 spiro atoms. The third-order valence-electron chi connectivity index (χ3n) is 2.12. The molecule has 12 heavy (non-hydrogen) atoms. The van der Waals surface area contributed by atoms with E-state index in [0.29, 0.717) is 12.0 Å². The highest BCUT2D eigenvalue weighted by molar-refractivity contribution is 9.09. The van der Waals surface area contributed by atoms with E-state index in [9.17, 15) is 0 Å². The Hall–Kier alpha value is 0.400. The van der Waals surface area contributed by atoms with Gasteiger partial charge in [0, 0.05) is 11.8 Å². The van der Waals surface area contributed by atoms with Gasteiger partial charge in [-0.3, -0.25) is 0 Å². The minimum Gasteiger partial charge on any atom is -0.353 e. The fourth-order valence-electron chi connectivity index (χ4n) is 1.35. The Morgan fingerprint density at radius 1 is 1.50 bits per heavy atom. The Morgan fingerprint density at radius 2 is 2.25 bits per heavy atom. The van der Waals surface area contributed by atoms with Crippen LogP contribution in [0.4, 0.5) is 0 Å². The molecule has 0 aromatic carbocycles. The van der Waals surface area contributed by atoms with E-state index in [2.05, 4.69) is 29.8 Å². The Bertz CT molecular complexity index is 126. The number of alkyl halides is 1. The van der Waals surface area contributed by atoms with E-state index < -0.39 is 0 Å². The molecule has 1 saturated heterocycles. The van der Waals surface area contributed by atoms with Gasteiger partial charge in [0.2, 0.25) is 0 Å². The molecular weight excluding hydrogens is 220 g/mol. The largest absolute Gasteiger partial charge is 0.353 e. The monoisotopic (exact) mass is 236 g/mol. The molecule has 3 heteroatoms. The van der Waals surface area contributed by atoms with Crippen molar-refractivity contribution in [2.45, 2.75) is 39.1 Å². The summed E-state index contributed by atoms with van der Waals surface area (Å²) < 4.78 is 11.2. The molecular formula is C9H17BrO2. The van der Waals surface area contributed by atoms with Crippen LogP contribution < -0.4 is 0 Å². The van der Waals surface area contributed by atoms with Crippen LogP contribution in [-0.4, -0.2) is 24.3 Å². The van der Waals surface area contributed by atoms with Gasteiger partial charge in [0.25, 0.3) is 0 Å². The van der Waals surface area contributed by atoms with E-state index in [4.69, 9.17) is 9.47 Å². The molecule has 1 heterocycles. The summed E-state index contributed by atoms with van der Waals surface area (Å²) >= 11 is 3.38. The molecule has 0 radical (unpaired) electrons. The van der Waals surface area contributed by atoms with Crippen LogP contribution in [0.5, 0.6) is 0 Å². The molecule has 0 bridgehead atoms. The predicted molar refractivity (Wildman–Crippen MR) is 52.5 cm³/mol. The van der Waals surface area contributed by atoms with Crippen LogP contribution in [0.1, 0.15) is 26.7 Å². The molecule has 1 aliphatic rings. The van der Waals surface area contributed by atoms with Gasteiger partial charge in [-0.2, -0.15) is 0 Å². The zero-order valence-electron chi connectivity index (χ0n) is 7.75. The molecule has 2 nitrogen and oxygen atoms in total. The summed E-state index contributed by atoms with van der Waals surface area (Å²) in [7, 11) is 0. The first-order chi connectivity index (χ1) is 5.74. The SMILES string of the molecule is CC(C)C1CCOC(CCBr)O1. The van der Waals surface area contributed by atoms with Crippen LogP contribution in [0.25, 0.3) is 0 Å². The molecule has 0 saturated carbocycles. The Morgan fingerprint density at radius 3 is 2.83 bits per heavy atom. The molecule has 2 unspecified atom stereocenters. The van der Waals surface area contributed by atoms with Crippen molar-refractivity contribution in [2.75, 3.05) is 11.9 Å². The second-order valence-corrected chi connectivity index (χ2v) is 4.28. The quantitative estimate of drug-likeness (QED) is 0.702. The first-order valence-corrected chi connectivity index (χ1v) is 5.69. The molecule has 2 atom stereocenters. The van der Waals surface area contributed by atoms with Crippen molar-refractivity contribution in [3.8, 4) is 0 Å². The second kappa shape index (κ2) is 5.20. The topological polar surface area (TPSA) is 18.5 Å². The summed E-state index contributed by atoms with van der Waals surface area (Å²) in [4.78, 5) is 0. The van der Waals surface area contributed by atoms with Gasteiger partial charge in [-0.1, -0.05) is 29.8 Å². The highest BCUT2D eigenvalue weighted by Crippen LogP contribution is 2.20. The molecule has 72 valence electrons. The molecule has 0 aliphatic carbocycles. The molecule has 0 amide bonds. The van der Waals surface area contributed by atoms with Crippen LogP contribution in [0.3, 0.4) is 0 Å². The van der Waals surface area contributed by atoms with Gasteiger partial charge in [0.15, 0.2) is 6.29 Å². The summed E-state index contributed by atoms with van der Waals surface area (Å²) in [5.74, 6) is 0.603. The van der Waals surface area contributed by atoms with Gasteiger partial charge in [-0.15, -0.1) is 0 Å². The van der Waals surface area contributed by atoms with E-state index in [1.165, 1.54) is 0 Å². The zero-order valence-corrected chi connectivity index (χ0v) is 9.34. The smallest absolute Gasteiger partial charge is 0.158 e. The van der Waals surface area contributed by atoms with Crippen molar-refractivity contribution < 1.29 is 9.47 Å². The molecule has 0 aromatic rings. The van der Waals surface area contributed by atoms with E-state index in [1.54, 1.807) is 0 Å². The maximum atomic E-state index is 5.74. The minimum absolute atomic E-state index is 0.0190. The van der Waals surface area contributed by atoms with E-state index in [0.717, 1.165) is 24.8 Å². The molecule has 1 fully saturated rings. The lowest BCUT2D eigenvalue weighted by Gasteiger charge is -2.32. The van der Waals surface area contributed by atoms with Crippen molar-refractivity contribution >= 4 is 15.9 Å². The first kappa shape index (κ1) is 10.5. The predicted octanol–water partition coefficient (Wildman–Crippen LogP) is 2.56. The maximum absolute atomic E-state index is 5.74. The van der Waals surface area contributed by atoms with Crippen molar-refractivity contribution in [2.24, 2.45) is 5.92 Å². The van der Waals surface area contributed by atoms with Gasteiger partial charge < -0.3 is 9.47 Å². The van der Waals surface area contributed by atoms with Gasteiger partial charge in [-0.05, 0) is 12.3 Å². The third-order valence-corrected chi connectivity index (χ3v) is 2.58. The maximum Gasteiger partial charge on any atom is 0.158 e. The highest BCUT2D eigenvalue weighted by atomic mass is 79.9. The Labute approximate surface area is 82.7 Å². The molecule has 0 N–H and O–H groups in total. The lowest BCUT2D eigenvalue weighted by atomic mass is 10.0. The lowest BCUT2D eigenvalue weighted by Crippen LogP contribution is -2.35. The average molecular weight is 237 g/mol. The van der Waals surface area contributed by atoms with Crippen molar-refractivity contribution in [3.05, 3.63) is 0 Å². The number of hydrogen-bond acceptors (Lipinski definition) is 2. The second-order valence-electron chi connectivity index (χ2n) is 3.49. The first-order valence-electron chi connectivity index (χ1n) is 4.57. The van der Waals surface area contributed by atoms with Gasteiger partial charge >= 0.3 is 0 Å². The molecule has 0 aromatic heterocycles. The molecule has 1 aliphatic heterocycles. The standard InChI is InChI=1S/C9H17BrO2/c1-7(2)8-4-6-11-9(12-8)3-5-10/h7-9H,3-6H2,1-2H3. The highest BCUT2D eigenvalue weighted by Gasteiger charge is 2.24. The van der Waals surface area contributed by atoms with Crippen LogP contribution in [0.15, 0.2) is 0 Å².